The summed E-state index contributed by atoms with van der Waals surface area (Å²) in [6, 6.07) is 19.5. The molecule has 2 aromatic carbocycles. The number of carbonyl (C=O) groups excluding carboxylic acids is 2. The average molecular weight is 347 g/mol. The summed E-state index contributed by atoms with van der Waals surface area (Å²) < 4.78 is 11.4. The van der Waals surface area contributed by atoms with Gasteiger partial charge < -0.3 is 9.47 Å². The number of pyridine rings is 1. The van der Waals surface area contributed by atoms with Crippen LogP contribution in [0.15, 0.2) is 66.7 Å². The van der Waals surface area contributed by atoms with Gasteiger partial charge in [-0.25, -0.2) is 0 Å². The van der Waals surface area contributed by atoms with Crippen molar-refractivity contribution in [2.24, 2.45) is 0 Å². The lowest BCUT2D eigenvalue weighted by Gasteiger charge is -2.09. The Bertz CT molecular complexity index is 803. The summed E-state index contributed by atoms with van der Waals surface area (Å²) in [4.78, 5) is 25.8. The summed E-state index contributed by atoms with van der Waals surface area (Å²) in [5.74, 6) is 1.35. The first-order valence-electron chi connectivity index (χ1n) is 8.08. The second kappa shape index (κ2) is 8.58. The zero-order chi connectivity index (χ0) is 18.2. The molecule has 3 aromatic rings. The van der Waals surface area contributed by atoms with Gasteiger partial charge in [0.25, 0.3) is 0 Å². The van der Waals surface area contributed by atoms with Crippen LogP contribution in [-0.2, 0) is 13.2 Å². The first kappa shape index (κ1) is 17.4. The van der Waals surface area contributed by atoms with Gasteiger partial charge in [-0.2, -0.15) is 0 Å². The van der Waals surface area contributed by atoms with Gasteiger partial charge >= 0.3 is 0 Å². The fraction of sp³-hybridized carbons (Fsp3) is 0.0952. The van der Waals surface area contributed by atoms with Crippen molar-refractivity contribution in [1.29, 1.82) is 0 Å². The van der Waals surface area contributed by atoms with Crippen molar-refractivity contribution >= 4 is 12.6 Å². The predicted octanol–water partition coefficient (Wildman–Crippen LogP) is 3.86. The minimum atomic E-state index is 0.322. The number of hydrogen-bond acceptors (Lipinski definition) is 5. The zero-order valence-electron chi connectivity index (χ0n) is 14.0. The Morgan fingerprint density at radius 3 is 1.46 bits per heavy atom. The third-order valence-electron chi connectivity index (χ3n) is 3.67. The number of aromatic nitrogens is 1. The SMILES string of the molecule is O=Cc1ccc(OCc2cccc(COc3ccc(C=O)cc3)n2)cc1. The molecule has 0 spiro atoms. The number of carbonyl (C=O) groups is 2. The van der Waals surface area contributed by atoms with Crippen molar-refractivity contribution in [3.8, 4) is 11.5 Å². The molecule has 5 heteroatoms. The highest BCUT2D eigenvalue weighted by molar-refractivity contribution is 5.75. The number of nitrogens with zero attached hydrogens (tertiary/aromatic N) is 1. The van der Waals surface area contributed by atoms with Crippen molar-refractivity contribution in [1.82, 2.24) is 4.98 Å². The molecule has 0 N–H and O–H groups in total. The zero-order valence-corrected chi connectivity index (χ0v) is 14.0. The summed E-state index contributed by atoms with van der Waals surface area (Å²) in [6.45, 7) is 0.643. The van der Waals surface area contributed by atoms with E-state index >= 15 is 0 Å². The molecule has 1 aromatic heterocycles. The molecule has 1 heterocycles. The van der Waals surface area contributed by atoms with Gasteiger partial charge in [-0.3, -0.25) is 14.6 Å². The van der Waals surface area contributed by atoms with Crippen LogP contribution < -0.4 is 9.47 Å². The van der Waals surface area contributed by atoms with E-state index in [1.54, 1.807) is 48.5 Å². The molecule has 26 heavy (non-hydrogen) atoms. The Morgan fingerprint density at radius 1 is 0.654 bits per heavy atom. The molecule has 0 amide bonds. The van der Waals surface area contributed by atoms with Crippen LogP contribution in [-0.4, -0.2) is 17.6 Å². The lowest BCUT2D eigenvalue weighted by atomic mass is 10.2. The van der Waals surface area contributed by atoms with Gasteiger partial charge in [0, 0.05) is 11.1 Å². The lowest BCUT2D eigenvalue weighted by Crippen LogP contribution is -2.03. The smallest absolute Gasteiger partial charge is 0.150 e. The highest BCUT2D eigenvalue weighted by Gasteiger charge is 2.02. The third-order valence-corrected chi connectivity index (χ3v) is 3.67. The van der Waals surface area contributed by atoms with Crippen LogP contribution in [0.4, 0.5) is 0 Å². The van der Waals surface area contributed by atoms with Crippen molar-refractivity contribution in [2.45, 2.75) is 13.2 Å². The molecule has 130 valence electrons. The Morgan fingerprint density at radius 2 is 1.08 bits per heavy atom. The monoisotopic (exact) mass is 347 g/mol. The Kier molecular flexibility index (Phi) is 5.72. The predicted molar refractivity (Wildman–Crippen MR) is 96.6 cm³/mol. The fourth-order valence-corrected chi connectivity index (χ4v) is 2.29. The van der Waals surface area contributed by atoms with Crippen molar-refractivity contribution in [3.63, 3.8) is 0 Å². The second-order valence-electron chi connectivity index (χ2n) is 5.57. The number of ether oxygens (including phenoxy) is 2. The minimum Gasteiger partial charge on any atom is -0.487 e. The van der Waals surface area contributed by atoms with E-state index in [0.717, 1.165) is 24.0 Å². The van der Waals surface area contributed by atoms with E-state index in [1.807, 2.05) is 18.2 Å². The van der Waals surface area contributed by atoms with Crippen LogP contribution in [0.3, 0.4) is 0 Å². The molecule has 0 aliphatic rings. The van der Waals surface area contributed by atoms with E-state index in [1.165, 1.54) is 0 Å². The summed E-state index contributed by atoms with van der Waals surface area (Å²) in [5, 5.41) is 0. The van der Waals surface area contributed by atoms with E-state index in [9.17, 15) is 9.59 Å². The molecule has 0 radical (unpaired) electrons. The largest absolute Gasteiger partial charge is 0.487 e. The van der Waals surface area contributed by atoms with Crippen LogP contribution in [0, 0.1) is 0 Å². The summed E-state index contributed by atoms with van der Waals surface area (Å²) in [7, 11) is 0. The van der Waals surface area contributed by atoms with Crippen LogP contribution in [0.25, 0.3) is 0 Å². The fourth-order valence-electron chi connectivity index (χ4n) is 2.29. The van der Waals surface area contributed by atoms with Gasteiger partial charge in [0.2, 0.25) is 0 Å². The molecular weight excluding hydrogens is 330 g/mol. The highest BCUT2D eigenvalue weighted by Crippen LogP contribution is 2.15. The molecule has 0 saturated carbocycles. The Balaban J connectivity index is 1.56. The molecule has 0 bridgehead atoms. The van der Waals surface area contributed by atoms with Crippen molar-refractivity contribution < 1.29 is 19.1 Å². The Hall–Kier alpha value is -3.47. The number of rotatable bonds is 8. The highest BCUT2D eigenvalue weighted by atomic mass is 16.5. The molecule has 0 fully saturated rings. The molecule has 0 atom stereocenters. The van der Waals surface area contributed by atoms with Crippen molar-refractivity contribution in [2.75, 3.05) is 0 Å². The van der Waals surface area contributed by atoms with Gasteiger partial charge in [-0.05, 0) is 60.7 Å². The molecule has 3 rings (SSSR count). The van der Waals surface area contributed by atoms with Gasteiger partial charge in [0.1, 0.15) is 37.3 Å². The summed E-state index contributed by atoms with van der Waals surface area (Å²) >= 11 is 0. The third kappa shape index (κ3) is 4.77. The molecular formula is C21H17NO4. The number of hydrogen-bond donors (Lipinski definition) is 0. The quantitative estimate of drug-likeness (QED) is 0.579. The lowest BCUT2D eigenvalue weighted by molar-refractivity contribution is 0.111. The van der Waals surface area contributed by atoms with Crippen LogP contribution in [0.2, 0.25) is 0 Å². The van der Waals surface area contributed by atoms with Gasteiger partial charge in [0.05, 0.1) is 11.4 Å². The van der Waals surface area contributed by atoms with Gasteiger partial charge in [-0.15, -0.1) is 0 Å². The van der Waals surface area contributed by atoms with E-state index < -0.39 is 0 Å². The van der Waals surface area contributed by atoms with Crippen LogP contribution in [0.1, 0.15) is 32.1 Å². The van der Waals surface area contributed by atoms with Crippen molar-refractivity contribution in [3.05, 3.63) is 89.2 Å². The minimum absolute atomic E-state index is 0.322. The van der Waals surface area contributed by atoms with E-state index in [4.69, 9.17) is 9.47 Å². The maximum absolute atomic E-state index is 10.7. The van der Waals surface area contributed by atoms with Crippen LogP contribution in [0.5, 0.6) is 11.5 Å². The number of aldehydes is 2. The molecule has 0 aliphatic carbocycles. The molecule has 0 saturated heterocycles. The Labute approximate surface area is 151 Å². The maximum Gasteiger partial charge on any atom is 0.150 e. The van der Waals surface area contributed by atoms with Gasteiger partial charge in [0.15, 0.2) is 0 Å². The normalized spacial score (nSPS) is 10.2. The van der Waals surface area contributed by atoms with E-state index in [-0.39, 0.29) is 0 Å². The average Bonchev–Trinajstić information content (AvgIpc) is 2.72. The first-order valence-corrected chi connectivity index (χ1v) is 8.08. The summed E-state index contributed by atoms with van der Waals surface area (Å²) in [5.41, 5.74) is 2.77. The van der Waals surface area contributed by atoms with Gasteiger partial charge in [-0.1, -0.05) is 6.07 Å². The maximum atomic E-state index is 10.7. The van der Waals surface area contributed by atoms with E-state index in [0.29, 0.717) is 35.8 Å². The van der Waals surface area contributed by atoms with E-state index in [2.05, 4.69) is 4.98 Å². The molecule has 0 unspecified atom stereocenters. The van der Waals surface area contributed by atoms with Crippen LogP contribution >= 0.6 is 0 Å². The first-order chi connectivity index (χ1) is 12.8. The molecule has 5 nitrogen and oxygen atoms in total. The molecule has 0 aliphatic heterocycles. The summed E-state index contributed by atoms with van der Waals surface area (Å²) in [6.07, 6.45) is 1.59. The topological polar surface area (TPSA) is 65.5 Å². The number of benzene rings is 2. The second-order valence-corrected chi connectivity index (χ2v) is 5.57. The standard InChI is InChI=1S/C21H17NO4/c23-12-16-4-8-20(9-5-16)25-14-18-2-1-3-19(22-18)15-26-21-10-6-17(13-24)7-11-21/h1-13H,14-15H2.